The van der Waals surface area contributed by atoms with Gasteiger partial charge in [0.05, 0.1) is 16.9 Å². The van der Waals surface area contributed by atoms with E-state index in [9.17, 15) is 4.79 Å². The van der Waals surface area contributed by atoms with E-state index in [1.165, 1.54) is 5.56 Å². The molecule has 0 aliphatic heterocycles. The van der Waals surface area contributed by atoms with Crippen LogP contribution in [-0.4, -0.2) is 21.9 Å². The molecule has 21 heavy (non-hydrogen) atoms. The van der Waals surface area contributed by atoms with E-state index < -0.39 is 0 Å². The van der Waals surface area contributed by atoms with E-state index in [0.717, 1.165) is 12.1 Å². The van der Waals surface area contributed by atoms with Crippen LogP contribution in [0.2, 0.25) is 0 Å². The number of fused-ring (bicyclic) bond motifs is 1. The summed E-state index contributed by atoms with van der Waals surface area (Å²) in [5, 5.41) is 4.85. The minimum absolute atomic E-state index is 0.0437. The Morgan fingerprint density at radius 2 is 2.14 bits per heavy atom. The first kappa shape index (κ1) is 14.0. The van der Waals surface area contributed by atoms with Crippen molar-refractivity contribution in [2.24, 2.45) is 0 Å². The number of aromatic amines is 1. The third-order valence-electron chi connectivity index (χ3n) is 3.70. The summed E-state index contributed by atoms with van der Waals surface area (Å²) < 4.78 is 0. The predicted octanol–water partition coefficient (Wildman–Crippen LogP) is 3.18. The molecule has 0 aliphatic rings. The molecule has 0 saturated heterocycles. The van der Waals surface area contributed by atoms with Gasteiger partial charge in [-0.3, -0.25) is 9.69 Å². The van der Waals surface area contributed by atoms with E-state index in [1.807, 2.05) is 25.2 Å². The maximum atomic E-state index is 12.1. The Hall–Kier alpha value is -1.98. The summed E-state index contributed by atoms with van der Waals surface area (Å²) in [5.41, 5.74) is 1.94. The van der Waals surface area contributed by atoms with E-state index in [-0.39, 0.29) is 11.6 Å². The normalized spacial score (nSPS) is 12.9. The van der Waals surface area contributed by atoms with E-state index in [4.69, 9.17) is 0 Å². The zero-order valence-corrected chi connectivity index (χ0v) is 12.9. The molecule has 3 aromatic rings. The first-order chi connectivity index (χ1) is 10.1. The maximum absolute atomic E-state index is 12.1. The smallest absolute Gasteiger partial charge is 0.258 e. The van der Waals surface area contributed by atoms with Crippen LogP contribution in [0.15, 0.2) is 45.9 Å². The van der Waals surface area contributed by atoms with E-state index in [2.05, 4.69) is 38.6 Å². The summed E-state index contributed by atoms with van der Waals surface area (Å²) in [6.45, 7) is 2.89. The van der Waals surface area contributed by atoms with Gasteiger partial charge in [-0.25, -0.2) is 4.98 Å². The molecule has 1 atom stereocenters. The highest BCUT2D eigenvalue weighted by molar-refractivity contribution is 7.07. The fraction of sp³-hybridized carbons (Fsp3) is 0.250. The molecular formula is C16H17N3OS. The molecule has 0 unspecified atom stereocenters. The van der Waals surface area contributed by atoms with Gasteiger partial charge in [-0.1, -0.05) is 12.1 Å². The lowest BCUT2D eigenvalue weighted by molar-refractivity contribution is 0.244. The molecule has 0 bridgehead atoms. The number of rotatable bonds is 4. The second-order valence-electron chi connectivity index (χ2n) is 5.19. The van der Waals surface area contributed by atoms with Crippen LogP contribution in [0.3, 0.4) is 0 Å². The molecule has 5 heteroatoms. The van der Waals surface area contributed by atoms with Gasteiger partial charge in [-0.15, -0.1) is 0 Å². The number of nitrogens with one attached hydrogen (secondary N) is 1. The van der Waals surface area contributed by atoms with Crippen molar-refractivity contribution < 1.29 is 0 Å². The van der Waals surface area contributed by atoms with E-state index in [0.29, 0.717) is 11.2 Å². The summed E-state index contributed by atoms with van der Waals surface area (Å²) in [6, 6.07) is 9.58. The molecule has 0 amide bonds. The van der Waals surface area contributed by atoms with Crippen LogP contribution in [0.5, 0.6) is 0 Å². The Morgan fingerprint density at radius 3 is 2.90 bits per heavy atom. The minimum Gasteiger partial charge on any atom is -0.309 e. The molecule has 3 rings (SSSR count). The number of hydrogen-bond donors (Lipinski definition) is 1. The third kappa shape index (κ3) is 2.89. The standard InChI is InChI=1S/C16H17N3OS/c1-11(19(2)9-12-7-8-21-10-12)15-17-14-6-4-3-5-13(14)16(20)18-15/h3-8,10-11H,9H2,1-2H3,(H,17,18,20)/t11-/m1/s1. The number of H-pyrrole nitrogens is 1. The van der Waals surface area contributed by atoms with Crippen LogP contribution in [0, 0.1) is 0 Å². The van der Waals surface area contributed by atoms with Crippen molar-refractivity contribution >= 4 is 22.2 Å². The molecule has 4 nitrogen and oxygen atoms in total. The Labute approximate surface area is 127 Å². The van der Waals surface area contributed by atoms with Crippen molar-refractivity contribution in [2.45, 2.75) is 19.5 Å². The van der Waals surface area contributed by atoms with Gasteiger partial charge < -0.3 is 4.98 Å². The largest absolute Gasteiger partial charge is 0.309 e. The van der Waals surface area contributed by atoms with Crippen molar-refractivity contribution in [1.29, 1.82) is 0 Å². The first-order valence-electron chi connectivity index (χ1n) is 6.85. The quantitative estimate of drug-likeness (QED) is 0.805. The SMILES string of the molecule is C[C@H](c1nc2ccccc2c(=O)[nH]1)N(C)Cc1ccsc1. The number of benzene rings is 1. The molecule has 2 aromatic heterocycles. The van der Waals surface area contributed by atoms with Gasteiger partial charge in [-0.2, -0.15) is 11.3 Å². The monoisotopic (exact) mass is 299 g/mol. The first-order valence-corrected chi connectivity index (χ1v) is 7.79. The summed E-state index contributed by atoms with van der Waals surface area (Å²) in [5.74, 6) is 0.705. The molecule has 1 aromatic carbocycles. The highest BCUT2D eigenvalue weighted by Crippen LogP contribution is 2.19. The highest BCUT2D eigenvalue weighted by Gasteiger charge is 2.15. The van der Waals surface area contributed by atoms with Gasteiger partial charge in [0.15, 0.2) is 0 Å². The molecule has 0 radical (unpaired) electrons. The molecule has 0 aliphatic carbocycles. The van der Waals surface area contributed by atoms with Gasteiger partial charge in [0.2, 0.25) is 0 Å². The van der Waals surface area contributed by atoms with Crippen molar-refractivity contribution in [3.63, 3.8) is 0 Å². The number of thiophene rings is 1. The summed E-state index contributed by atoms with van der Waals surface area (Å²) in [6.07, 6.45) is 0. The maximum Gasteiger partial charge on any atom is 0.258 e. The van der Waals surface area contributed by atoms with Crippen molar-refractivity contribution in [2.75, 3.05) is 7.05 Å². The molecule has 1 N–H and O–H groups in total. The predicted molar refractivity (Wildman–Crippen MR) is 86.6 cm³/mol. The molecule has 0 fully saturated rings. The lowest BCUT2D eigenvalue weighted by Crippen LogP contribution is -2.25. The van der Waals surface area contributed by atoms with Crippen LogP contribution in [-0.2, 0) is 6.54 Å². The van der Waals surface area contributed by atoms with Crippen LogP contribution < -0.4 is 5.56 Å². The fourth-order valence-electron chi connectivity index (χ4n) is 2.32. The van der Waals surface area contributed by atoms with E-state index >= 15 is 0 Å². The van der Waals surface area contributed by atoms with Gasteiger partial charge in [0.25, 0.3) is 5.56 Å². The van der Waals surface area contributed by atoms with Crippen LogP contribution in [0.1, 0.15) is 24.4 Å². The van der Waals surface area contributed by atoms with Gasteiger partial charge >= 0.3 is 0 Å². The van der Waals surface area contributed by atoms with Crippen LogP contribution in [0.4, 0.5) is 0 Å². The Balaban J connectivity index is 1.90. The van der Waals surface area contributed by atoms with Gasteiger partial charge in [-0.05, 0) is 48.5 Å². The molecular weight excluding hydrogens is 282 g/mol. The van der Waals surface area contributed by atoms with Crippen LogP contribution in [0.25, 0.3) is 10.9 Å². The second-order valence-corrected chi connectivity index (χ2v) is 5.97. The third-order valence-corrected chi connectivity index (χ3v) is 4.43. The topological polar surface area (TPSA) is 49.0 Å². The summed E-state index contributed by atoms with van der Waals surface area (Å²) >= 11 is 1.69. The Bertz CT molecular complexity index is 795. The lowest BCUT2D eigenvalue weighted by Gasteiger charge is -2.23. The molecule has 0 saturated carbocycles. The van der Waals surface area contributed by atoms with Gasteiger partial charge in [0, 0.05) is 6.54 Å². The number of aromatic nitrogens is 2. The van der Waals surface area contributed by atoms with Crippen LogP contribution >= 0.6 is 11.3 Å². The number of nitrogens with zero attached hydrogens (tertiary/aromatic N) is 2. The fourth-order valence-corrected chi connectivity index (χ4v) is 2.98. The number of hydrogen-bond acceptors (Lipinski definition) is 4. The molecule has 2 heterocycles. The highest BCUT2D eigenvalue weighted by atomic mass is 32.1. The lowest BCUT2D eigenvalue weighted by atomic mass is 10.2. The Morgan fingerprint density at radius 1 is 1.33 bits per heavy atom. The second kappa shape index (κ2) is 5.79. The minimum atomic E-state index is -0.0774. The van der Waals surface area contributed by atoms with Gasteiger partial charge in [0.1, 0.15) is 5.82 Å². The number of para-hydroxylation sites is 1. The molecule has 0 spiro atoms. The van der Waals surface area contributed by atoms with Crippen molar-refractivity contribution in [1.82, 2.24) is 14.9 Å². The zero-order valence-electron chi connectivity index (χ0n) is 12.0. The zero-order chi connectivity index (χ0) is 14.8. The van der Waals surface area contributed by atoms with E-state index in [1.54, 1.807) is 17.4 Å². The van der Waals surface area contributed by atoms with Crippen molar-refractivity contribution in [3.8, 4) is 0 Å². The summed E-state index contributed by atoms with van der Waals surface area (Å²) in [4.78, 5) is 21.8. The average molecular weight is 299 g/mol. The summed E-state index contributed by atoms with van der Waals surface area (Å²) in [7, 11) is 2.04. The Kier molecular flexibility index (Phi) is 3.86. The average Bonchev–Trinajstić information content (AvgIpc) is 2.99. The van der Waals surface area contributed by atoms with Crippen molar-refractivity contribution in [3.05, 3.63) is 62.8 Å². The molecule has 108 valence electrons.